The second-order valence-electron chi connectivity index (χ2n) is 9.47. The second-order valence-corrected chi connectivity index (χ2v) is 9.82. The molecule has 0 aliphatic carbocycles. The van der Waals surface area contributed by atoms with Crippen LogP contribution in [0.3, 0.4) is 0 Å². The minimum atomic E-state index is 0.618. The van der Waals surface area contributed by atoms with Crippen molar-refractivity contribution in [2.45, 2.75) is 73.5 Å². The number of ether oxygens (including phenoxy) is 1. The molecule has 0 bridgehead atoms. The summed E-state index contributed by atoms with van der Waals surface area (Å²) in [5, 5.41) is 0.618. The van der Waals surface area contributed by atoms with E-state index in [1.807, 2.05) is 13.0 Å². The van der Waals surface area contributed by atoms with Crippen LogP contribution in [0.1, 0.15) is 63.8 Å². The predicted octanol–water partition coefficient (Wildman–Crippen LogP) is 7.76. The fourth-order valence-electron chi connectivity index (χ4n) is 4.22. The highest BCUT2D eigenvalue weighted by molar-refractivity contribution is 6.30. The van der Waals surface area contributed by atoms with Crippen LogP contribution in [-0.4, -0.2) is 27.6 Å². The van der Waals surface area contributed by atoms with Gasteiger partial charge in [0.05, 0.1) is 12.3 Å². The van der Waals surface area contributed by atoms with Gasteiger partial charge in [-0.3, -0.25) is 4.90 Å². The fraction of sp³-hybridized carbons (Fsp3) is 0.483. The molecule has 1 heterocycles. The maximum Gasteiger partial charge on any atom is 0.152 e. The molecular weight excluding hydrogens is 442 g/mol. The number of nitrogens with zero attached hydrogens (tertiary/aromatic N) is 3. The molecule has 0 saturated carbocycles. The molecule has 34 heavy (non-hydrogen) atoms. The number of imidazole rings is 1. The molecule has 0 atom stereocenters. The highest BCUT2D eigenvalue weighted by atomic mass is 35.5. The average Bonchev–Trinajstić information content (AvgIpc) is 3.11. The van der Waals surface area contributed by atoms with E-state index in [1.165, 1.54) is 11.1 Å². The van der Waals surface area contributed by atoms with Crippen LogP contribution in [0.2, 0.25) is 5.15 Å². The summed E-state index contributed by atoms with van der Waals surface area (Å²) in [7, 11) is 0. The average molecular weight is 482 g/mol. The zero-order chi connectivity index (χ0) is 24.5. The van der Waals surface area contributed by atoms with E-state index in [2.05, 4.69) is 79.6 Å². The Hall–Kier alpha value is -2.30. The number of halogens is 1. The Bertz CT molecular complexity index is 1040. The summed E-state index contributed by atoms with van der Waals surface area (Å²) in [5.74, 6) is 2.55. The number of aromatic nitrogens is 2. The van der Waals surface area contributed by atoms with Crippen LogP contribution in [0.5, 0.6) is 5.75 Å². The zero-order valence-electron chi connectivity index (χ0n) is 21.5. The molecule has 0 unspecified atom stereocenters. The van der Waals surface area contributed by atoms with Gasteiger partial charge in [-0.15, -0.1) is 0 Å². The molecule has 3 rings (SSSR count). The Labute approximate surface area is 210 Å². The van der Waals surface area contributed by atoms with E-state index in [-0.39, 0.29) is 0 Å². The number of aryl methyl sites for hydroxylation is 1. The van der Waals surface area contributed by atoms with Gasteiger partial charge in [0.15, 0.2) is 5.15 Å². The lowest BCUT2D eigenvalue weighted by Gasteiger charge is -2.25. The summed E-state index contributed by atoms with van der Waals surface area (Å²) < 4.78 is 8.09. The van der Waals surface area contributed by atoms with Crippen molar-refractivity contribution in [2.75, 3.05) is 13.2 Å². The molecule has 0 aliphatic heterocycles. The Balaban J connectivity index is 1.94. The summed E-state index contributed by atoms with van der Waals surface area (Å²) in [6, 6.07) is 16.9. The van der Waals surface area contributed by atoms with E-state index >= 15 is 0 Å². The molecular formula is C29H40ClN3O. The molecule has 4 nitrogen and oxygen atoms in total. The molecule has 2 aromatic carbocycles. The van der Waals surface area contributed by atoms with Gasteiger partial charge in [0.1, 0.15) is 11.6 Å². The number of rotatable bonds is 13. The van der Waals surface area contributed by atoms with Crippen LogP contribution in [0.15, 0.2) is 48.5 Å². The smallest absolute Gasteiger partial charge is 0.152 e. The van der Waals surface area contributed by atoms with Gasteiger partial charge in [-0.25, -0.2) is 4.98 Å². The van der Waals surface area contributed by atoms with Crippen LogP contribution < -0.4 is 4.74 Å². The van der Waals surface area contributed by atoms with Gasteiger partial charge in [0, 0.05) is 25.2 Å². The van der Waals surface area contributed by atoms with Gasteiger partial charge >= 0.3 is 0 Å². The number of unbranched alkanes of at least 4 members (excludes halogenated alkanes) is 1. The summed E-state index contributed by atoms with van der Waals surface area (Å²) >= 11 is 6.83. The molecule has 0 N–H and O–H groups in total. The molecule has 0 amide bonds. The maximum atomic E-state index is 6.83. The van der Waals surface area contributed by atoms with Crippen molar-refractivity contribution in [3.63, 3.8) is 0 Å². The van der Waals surface area contributed by atoms with Gasteiger partial charge < -0.3 is 9.30 Å². The molecule has 0 radical (unpaired) electrons. The van der Waals surface area contributed by atoms with Gasteiger partial charge in [0.2, 0.25) is 0 Å². The first-order valence-corrected chi connectivity index (χ1v) is 13.1. The van der Waals surface area contributed by atoms with E-state index in [4.69, 9.17) is 21.3 Å². The lowest BCUT2D eigenvalue weighted by atomic mass is 10.1. The highest BCUT2D eigenvalue weighted by Gasteiger charge is 2.21. The Morgan fingerprint density at radius 3 is 2.56 bits per heavy atom. The van der Waals surface area contributed by atoms with Crippen molar-refractivity contribution >= 4 is 11.6 Å². The Kier molecular flexibility index (Phi) is 10.0. The monoisotopic (exact) mass is 481 g/mol. The Morgan fingerprint density at radius 2 is 1.85 bits per heavy atom. The largest absolute Gasteiger partial charge is 0.494 e. The molecule has 184 valence electrons. The topological polar surface area (TPSA) is 30.3 Å². The number of hydrogen-bond acceptors (Lipinski definition) is 3. The number of benzene rings is 2. The van der Waals surface area contributed by atoms with Gasteiger partial charge in [-0.2, -0.15) is 0 Å². The molecule has 0 aliphatic rings. The van der Waals surface area contributed by atoms with Crippen LogP contribution in [-0.2, 0) is 19.6 Å². The van der Waals surface area contributed by atoms with E-state index in [9.17, 15) is 0 Å². The molecule has 1 aromatic heterocycles. The normalized spacial score (nSPS) is 11.5. The number of hydrogen-bond donors (Lipinski definition) is 0. The van der Waals surface area contributed by atoms with Crippen LogP contribution in [0.4, 0.5) is 0 Å². The second kappa shape index (κ2) is 13.0. The summed E-state index contributed by atoms with van der Waals surface area (Å²) in [6.07, 6.45) is 3.36. The molecule has 5 heteroatoms. The minimum Gasteiger partial charge on any atom is -0.494 e. The van der Waals surface area contributed by atoms with Crippen molar-refractivity contribution in [2.24, 2.45) is 5.92 Å². The molecule has 0 spiro atoms. The summed E-state index contributed by atoms with van der Waals surface area (Å²) in [6.45, 7) is 15.2. The Morgan fingerprint density at radius 1 is 1.06 bits per heavy atom. The minimum absolute atomic E-state index is 0.618. The molecule has 0 fully saturated rings. The van der Waals surface area contributed by atoms with Crippen LogP contribution in [0.25, 0.3) is 11.4 Å². The van der Waals surface area contributed by atoms with Crippen molar-refractivity contribution in [3.05, 3.63) is 70.5 Å². The standard InChI is InChI=1S/C29H40ClN3O/c1-6-8-17-33-27(28(30)31-29(33)26-15-10-9-12-23(26)5)21-32(18-16-22(3)4)20-24-13-11-14-25(19-24)34-7-2/h9-15,19,22H,6-8,16-18,20-21H2,1-5H3. The predicted molar refractivity (Wildman–Crippen MR) is 143 cm³/mol. The fourth-order valence-corrected chi connectivity index (χ4v) is 4.46. The zero-order valence-corrected chi connectivity index (χ0v) is 22.2. The third-order valence-corrected chi connectivity index (χ3v) is 6.46. The van der Waals surface area contributed by atoms with Crippen molar-refractivity contribution in [3.8, 4) is 17.1 Å². The third-order valence-electron chi connectivity index (χ3n) is 6.16. The van der Waals surface area contributed by atoms with E-state index < -0.39 is 0 Å². The quantitative estimate of drug-likeness (QED) is 0.250. The maximum absolute atomic E-state index is 6.83. The SMILES string of the molecule is CCCCn1c(-c2ccccc2C)nc(Cl)c1CN(CCC(C)C)Cc1cccc(OCC)c1. The first kappa shape index (κ1) is 26.3. The van der Waals surface area contributed by atoms with Crippen molar-refractivity contribution < 1.29 is 4.74 Å². The van der Waals surface area contributed by atoms with Crippen LogP contribution >= 0.6 is 11.6 Å². The summed E-state index contributed by atoms with van der Waals surface area (Å²) in [4.78, 5) is 7.37. The first-order valence-electron chi connectivity index (χ1n) is 12.7. The van der Waals surface area contributed by atoms with Gasteiger partial charge in [-0.1, -0.05) is 75.2 Å². The lowest BCUT2D eigenvalue weighted by molar-refractivity contribution is 0.234. The highest BCUT2D eigenvalue weighted by Crippen LogP contribution is 2.30. The van der Waals surface area contributed by atoms with Gasteiger partial charge in [-0.05, 0) is 62.4 Å². The van der Waals surface area contributed by atoms with E-state index in [1.54, 1.807) is 0 Å². The molecule has 3 aromatic rings. The van der Waals surface area contributed by atoms with Crippen molar-refractivity contribution in [1.29, 1.82) is 0 Å². The van der Waals surface area contributed by atoms with E-state index in [0.29, 0.717) is 17.7 Å². The van der Waals surface area contributed by atoms with Gasteiger partial charge in [0.25, 0.3) is 0 Å². The van der Waals surface area contributed by atoms with Crippen LogP contribution in [0, 0.1) is 12.8 Å². The molecule has 0 saturated heterocycles. The lowest BCUT2D eigenvalue weighted by Crippen LogP contribution is -2.26. The van der Waals surface area contributed by atoms with E-state index in [0.717, 1.165) is 68.3 Å². The first-order chi connectivity index (χ1) is 16.4. The summed E-state index contributed by atoms with van der Waals surface area (Å²) in [5.41, 5.74) is 4.74. The third kappa shape index (κ3) is 7.10. The van der Waals surface area contributed by atoms with Crippen molar-refractivity contribution in [1.82, 2.24) is 14.5 Å².